The van der Waals surface area contributed by atoms with Gasteiger partial charge in [0.05, 0.1) is 5.56 Å². The average molecular weight is 308 g/mol. The number of nitrogens with one attached hydrogen (secondary N) is 1. The van der Waals surface area contributed by atoms with Crippen LogP contribution >= 0.6 is 22.9 Å². The molecule has 0 bridgehead atoms. The molecule has 1 N–H and O–H groups in total. The van der Waals surface area contributed by atoms with Crippen molar-refractivity contribution in [2.24, 2.45) is 0 Å². The van der Waals surface area contributed by atoms with Crippen LogP contribution in [0.3, 0.4) is 0 Å². The Bertz CT molecular complexity index is 634. The first-order valence-electron chi connectivity index (χ1n) is 4.86. The second-order valence-electron chi connectivity index (χ2n) is 3.32. The van der Waals surface area contributed by atoms with Crippen LogP contribution in [-0.2, 0) is 4.79 Å². The molecule has 2 aromatic rings. The van der Waals surface area contributed by atoms with Gasteiger partial charge in [-0.3, -0.25) is 10.1 Å². The number of alkyl halides is 1. The molecule has 0 aliphatic carbocycles. The summed E-state index contributed by atoms with van der Waals surface area (Å²) < 4.78 is 39.3. The van der Waals surface area contributed by atoms with Crippen LogP contribution in [0.1, 0.15) is 0 Å². The van der Waals surface area contributed by atoms with Crippen molar-refractivity contribution in [2.45, 2.75) is 0 Å². The fraction of sp³-hybridized carbons (Fsp3) is 0.100. The largest absolute Gasteiger partial charge is 0.299 e. The highest BCUT2D eigenvalue weighted by Crippen LogP contribution is 2.30. The Kier molecular flexibility index (Phi) is 4.01. The Morgan fingerprint density at radius 2 is 2.00 bits per heavy atom. The number of carbonyl (C=O) groups excluding carboxylic acids is 1. The summed E-state index contributed by atoms with van der Waals surface area (Å²) in [6, 6.07) is 1.83. The second-order valence-corrected chi connectivity index (χ2v) is 4.56. The molecular formula is C10H5ClF3N3OS. The number of aromatic nitrogens is 2. The summed E-state index contributed by atoms with van der Waals surface area (Å²) in [6.45, 7) is 0. The lowest BCUT2D eigenvalue weighted by atomic mass is 10.2. The van der Waals surface area contributed by atoms with Crippen LogP contribution in [0.15, 0.2) is 12.1 Å². The summed E-state index contributed by atoms with van der Waals surface area (Å²) in [5.74, 6) is -5.00. The first-order chi connectivity index (χ1) is 9.02. The van der Waals surface area contributed by atoms with Gasteiger partial charge in [-0.2, -0.15) is 0 Å². The van der Waals surface area contributed by atoms with Crippen molar-refractivity contribution in [3.63, 3.8) is 0 Å². The lowest BCUT2D eigenvalue weighted by Crippen LogP contribution is -2.12. The molecule has 1 amide bonds. The molecule has 0 saturated carbocycles. The van der Waals surface area contributed by atoms with Gasteiger partial charge < -0.3 is 0 Å². The number of benzene rings is 1. The molecule has 0 fully saturated rings. The number of hydrogen-bond acceptors (Lipinski definition) is 4. The minimum absolute atomic E-state index is 0.0151. The van der Waals surface area contributed by atoms with Gasteiger partial charge in [0.2, 0.25) is 11.0 Å². The monoisotopic (exact) mass is 307 g/mol. The molecule has 0 atom stereocenters. The maximum Gasteiger partial charge on any atom is 0.241 e. The summed E-state index contributed by atoms with van der Waals surface area (Å²) in [7, 11) is 0. The molecule has 0 radical (unpaired) electrons. The summed E-state index contributed by atoms with van der Waals surface area (Å²) in [4.78, 5) is 11.0. The van der Waals surface area contributed by atoms with Gasteiger partial charge in [0.25, 0.3) is 0 Å². The Balaban J connectivity index is 2.33. The predicted octanol–water partition coefficient (Wildman–Crippen LogP) is 2.80. The molecule has 1 aromatic carbocycles. The van der Waals surface area contributed by atoms with Gasteiger partial charge >= 0.3 is 0 Å². The molecule has 19 heavy (non-hydrogen) atoms. The van der Waals surface area contributed by atoms with Crippen LogP contribution in [0.4, 0.5) is 18.3 Å². The van der Waals surface area contributed by atoms with E-state index < -0.39 is 23.4 Å². The minimum atomic E-state index is -1.58. The molecule has 1 heterocycles. The van der Waals surface area contributed by atoms with E-state index in [2.05, 4.69) is 15.5 Å². The first-order valence-corrected chi connectivity index (χ1v) is 6.21. The third-order valence-electron chi connectivity index (χ3n) is 2.06. The maximum atomic E-state index is 13.5. The van der Waals surface area contributed by atoms with E-state index in [1.165, 1.54) is 0 Å². The van der Waals surface area contributed by atoms with Gasteiger partial charge in [-0.25, -0.2) is 13.2 Å². The number of anilines is 1. The van der Waals surface area contributed by atoms with Crippen LogP contribution in [0.25, 0.3) is 10.6 Å². The molecule has 100 valence electrons. The normalized spacial score (nSPS) is 10.5. The Morgan fingerprint density at radius 3 is 2.68 bits per heavy atom. The molecule has 0 unspecified atom stereocenters. The molecular weight excluding hydrogens is 303 g/mol. The van der Waals surface area contributed by atoms with Gasteiger partial charge in [0.15, 0.2) is 22.5 Å². The first kappa shape index (κ1) is 13.8. The number of rotatable bonds is 3. The van der Waals surface area contributed by atoms with Crippen LogP contribution < -0.4 is 5.32 Å². The van der Waals surface area contributed by atoms with Crippen molar-refractivity contribution in [1.29, 1.82) is 0 Å². The third kappa shape index (κ3) is 2.85. The SMILES string of the molecule is O=C(CCl)Nc1nnc(-c2ccc(F)c(F)c2F)s1. The second kappa shape index (κ2) is 5.54. The van der Waals surface area contributed by atoms with Gasteiger partial charge in [0, 0.05) is 0 Å². The lowest BCUT2D eigenvalue weighted by molar-refractivity contribution is -0.113. The summed E-state index contributed by atoms with van der Waals surface area (Å²) >= 11 is 6.10. The molecule has 0 saturated heterocycles. The van der Waals surface area contributed by atoms with Crippen molar-refractivity contribution in [3.05, 3.63) is 29.6 Å². The zero-order valence-electron chi connectivity index (χ0n) is 9.08. The van der Waals surface area contributed by atoms with E-state index in [1.807, 2.05) is 0 Å². The zero-order chi connectivity index (χ0) is 14.0. The van der Waals surface area contributed by atoms with Crippen molar-refractivity contribution < 1.29 is 18.0 Å². The van der Waals surface area contributed by atoms with Crippen molar-refractivity contribution >= 4 is 34.0 Å². The number of hydrogen-bond donors (Lipinski definition) is 1. The Labute approximate surface area is 114 Å². The van der Waals surface area contributed by atoms with Gasteiger partial charge in [-0.15, -0.1) is 21.8 Å². The molecule has 4 nitrogen and oxygen atoms in total. The summed E-state index contributed by atoms with van der Waals surface area (Å²) in [5, 5.41) is 9.57. The van der Waals surface area contributed by atoms with Gasteiger partial charge in [0.1, 0.15) is 5.88 Å². The van der Waals surface area contributed by atoms with E-state index in [1.54, 1.807) is 0 Å². The molecule has 0 aliphatic rings. The zero-order valence-corrected chi connectivity index (χ0v) is 10.7. The molecule has 1 aromatic heterocycles. The molecule has 9 heteroatoms. The number of halogens is 4. The van der Waals surface area contributed by atoms with E-state index in [0.717, 1.165) is 23.5 Å². The predicted molar refractivity (Wildman–Crippen MR) is 64.6 cm³/mol. The smallest absolute Gasteiger partial charge is 0.241 e. The fourth-order valence-electron chi connectivity index (χ4n) is 1.23. The maximum absolute atomic E-state index is 13.5. The molecule has 2 rings (SSSR count). The quantitative estimate of drug-likeness (QED) is 0.701. The lowest BCUT2D eigenvalue weighted by Gasteiger charge is -2.00. The van der Waals surface area contributed by atoms with E-state index in [-0.39, 0.29) is 21.6 Å². The van der Waals surface area contributed by atoms with Gasteiger partial charge in [-0.05, 0) is 12.1 Å². The van der Waals surface area contributed by atoms with E-state index in [4.69, 9.17) is 11.6 Å². The summed E-state index contributed by atoms with van der Waals surface area (Å²) in [5.41, 5.74) is -0.234. The van der Waals surface area contributed by atoms with E-state index >= 15 is 0 Å². The highest BCUT2D eigenvalue weighted by Gasteiger charge is 2.18. The van der Waals surface area contributed by atoms with Crippen molar-refractivity contribution in [1.82, 2.24) is 10.2 Å². The topological polar surface area (TPSA) is 54.9 Å². The van der Waals surface area contributed by atoms with E-state index in [9.17, 15) is 18.0 Å². The summed E-state index contributed by atoms with van der Waals surface area (Å²) in [6.07, 6.45) is 0. The third-order valence-corrected chi connectivity index (χ3v) is 3.17. The minimum Gasteiger partial charge on any atom is -0.299 e. The van der Waals surface area contributed by atoms with Gasteiger partial charge in [-0.1, -0.05) is 11.3 Å². The number of amides is 1. The average Bonchev–Trinajstić information content (AvgIpc) is 2.84. The van der Waals surface area contributed by atoms with Crippen LogP contribution in [0, 0.1) is 17.5 Å². The van der Waals surface area contributed by atoms with Crippen LogP contribution in [-0.4, -0.2) is 22.0 Å². The standard InChI is InChI=1S/C10H5ClF3N3OS/c11-3-6(18)15-10-17-16-9(19-10)4-1-2-5(12)8(14)7(4)13/h1-2H,3H2,(H,15,17,18). The Hall–Kier alpha value is -1.67. The van der Waals surface area contributed by atoms with Crippen LogP contribution in [0.5, 0.6) is 0 Å². The molecule has 0 spiro atoms. The Morgan fingerprint density at radius 1 is 1.26 bits per heavy atom. The number of nitrogens with zero attached hydrogens (tertiary/aromatic N) is 2. The number of carbonyl (C=O) groups is 1. The highest BCUT2D eigenvalue weighted by atomic mass is 35.5. The van der Waals surface area contributed by atoms with Crippen molar-refractivity contribution in [2.75, 3.05) is 11.2 Å². The van der Waals surface area contributed by atoms with Crippen molar-refractivity contribution in [3.8, 4) is 10.6 Å². The fourth-order valence-corrected chi connectivity index (χ4v) is 2.07. The van der Waals surface area contributed by atoms with E-state index in [0.29, 0.717) is 0 Å². The van der Waals surface area contributed by atoms with Crippen LogP contribution in [0.2, 0.25) is 0 Å². The molecule has 0 aliphatic heterocycles. The highest BCUT2D eigenvalue weighted by molar-refractivity contribution is 7.18.